The molecule has 1 unspecified atom stereocenters. The molecule has 1 aromatic carbocycles. The first kappa shape index (κ1) is 16.0. The predicted octanol–water partition coefficient (Wildman–Crippen LogP) is 0.485. The Labute approximate surface area is 136 Å². The third kappa shape index (κ3) is 3.90. The maximum atomic E-state index is 12.2. The zero-order valence-electron chi connectivity index (χ0n) is 13.4. The summed E-state index contributed by atoms with van der Waals surface area (Å²) in [7, 11) is 2.06. The number of nitrogens with one attached hydrogen (secondary N) is 2. The maximum Gasteiger partial charge on any atom is 0.237 e. The Hall–Kier alpha value is -1.89. The molecule has 1 aliphatic rings. The first-order valence-electron chi connectivity index (χ1n) is 8.02. The molecule has 0 radical (unpaired) electrons. The number of carbonyl (C=O) groups excluding carboxylic acids is 1. The van der Waals surface area contributed by atoms with Crippen LogP contribution in [0.3, 0.4) is 0 Å². The number of benzene rings is 1. The van der Waals surface area contributed by atoms with Gasteiger partial charge in [0.1, 0.15) is 0 Å². The zero-order valence-corrected chi connectivity index (χ0v) is 13.4. The highest BCUT2D eigenvalue weighted by Crippen LogP contribution is 2.18. The Balaban J connectivity index is 1.53. The molecule has 1 fully saturated rings. The summed E-state index contributed by atoms with van der Waals surface area (Å²) in [5.74, 6) is -0.132. The quantitative estimate of drug-likeness (QED) is 0.749. The fourth-order valence-corrected chi connectivity index (χ4v) is 2.97. The van der Waals surface area contributed by atoms with E-state index in [-0.39, 0.29) is 12.0 Å². The fourth-order valence-electron chi connectivity index (χ4n) is 2.97. The van der Waals surface area contributed by atoms with E-state index >= 15 is 0 Å². The van der Waals surface area contributed by atoms with Crippen molar-refractivity contribution >= 4 is 16.8 Å². The number of aromatic nitrogens is 1. The number of para-hydroxylation sites is 1. The van der Waals surface area contributed by atoms with Gasteiger partial charge in [-0.2, -0.15) is 0 Å². The normalized spacial score (nSPS) is 20.5. The summed E-state index contributed by atoms with van der Waals surface area (Å²) < 4.78 is 5.64. The summed E-state index contributed by atoms with van der Waals surface area (Å²) in [4.78, 5) is 17.6. The smallest absolute Gasteiger partial charge is 0.237 e. The lowest BCUT2D eigenvalue weighted by molar-refractivity contribution is -0.123. The molecule has 23 heavy (non-hydrogen) atoms. The van der Waals surface area contributed by atoms with Crippen LogP contribution >= 0.6 is 0 Å². The SMILES string of the molecule is CN1CCOC(CNC(=O)[C@@H](N)Cc2c[nH]c3ccccc23)C1. The summed E-state index contributed by atoms with van der Waals surface area (Å²) in [5.41, 5.74) is 8.20. The molecule has 2 heterocycles. The van der Waals surface area contributed by atoms with E-state index in [4.69, 9.17) is 10.5 Å². The minimum atomic E-state index is -0.560. The molecular weight excluding hydrogens is 292 g/mol. The van der Waals surface area contributed by atoms with Crippen molar-refractivity contribution in [2.24, 2.45) is 5.73 Å². The van der Waals surface area contributed by atoms with E-state index in [1.807, 2.05) is 30.5 Å². The van der Waals surface area contributed by atoms with Gasteiger partial charge in [-0.15, -0.1) is 0 Å². The molecule has 4 N–H and O–H groups in total. The van der Waals surface area contributed by atoms with Gasteiger partial charge in [-0.25, -0.2) is 0 Å². The fraction of sp³-hybridized carbons (Fsp3) is 0.471. The average molecular weight is 316 g/mol. The Bertz CT molecular complexity index is 669. The third-order valence-electron chi connectivity index (χ3n) is 4.30. The molecule has 0 bridgehead atoms. The molecule has 6 heteroatoms. The second kappa shape index (κ2) is 7.12. The number of carbonyl (C=O) groups is 1. The second-order valence-electron chi connectivity index (χ2n) is 6.17. The minimum Gasteiger partial charge on any atom is -0.374 e. The highest BCUT2D eigenvalue weighted by atomic mass is 16.5. The Morgan fingerprint density at radius 3 is 3.17 bits per heavy atom. The molecule has 1 amide bonds. The van der Waals surface area contributed by atoms with Crippen LogP contribution in [0.5, 0.6) is 0 Å². The van der Waals surface area contributed by atoms with Crippen LogP contribution in [0.2, 0.25) is 0 Å². The highest BCUT2D eigenvalue weighted by molar-refractivity contribution is 5.86. The Kier molecular flexibility index (Phi) is 4.95. The minimum absolute atomic E-state index is 0.0398. The Morgan fingerprint density at radius 1 is 1.52 bits per heavy atom. The van der Waals surface area contributed by atoms with E-state index in [1.165, 1.54) is 0 Å². The molecule has 2 atom stereocenters. The van der Waals surface area contributed by atoms with Crippen molar-refractivity contribution in [2.75, 3.05) is 33.3 Å². The number of nitrogens with two attached hydrogens (primary N) is 1. The maximum absolute atomic E-state index is 12.2. The molecule has 0 aliphatic carbocycles. The van der Waals surface area contributed by atoms with E-state index in [1.54, 1.807) is 0 Å². The lowest BCUT2D eigenvalue weighted by Crippen LogP contribution is -2.49. The van der Waals surface area contributed by atoms with Crippen molar-refractivity contribution in [3.05, 3.63) is 36.0 Å². The molecule has 0 saturated carbocycles. The summed E-state index contributed by atoms with van der Waals surface area (Å²) in [6, 6.07) is 7.47. The van der Waals surface area contributed by atoms with Gasteiger partial charge in [-0.1, -0.05) is 18.2 Å². The number of ether oxygens (including phenoxy) is 1. The summed E-state index contributed by atoms with van der Waals surface area (Å²) in [5, 5.41) is 4.03. The number of rotatable bonds is 5. The van der Waals surface area contributed by atoms with E-state index in [0.29, 0.717) is 19.6 Å². The summed E-state index contributed by atoms with van der Waals surface area (Å²) in [6.07, 6.45) is 2.48. The lowest BCUT2D eigenvalue weighted by atomic mass is 10.1. The van der Waals surface area contributed by atoms with Gasteiger partial charge >= 0.3 is 0 Å². The largest absolute Gasteiger partial charge is 0.374 e. The molecular formula is C17H24N4O2. The number of aromatic amines is 1. The van der Waals surface area contributed by atoms with Gasteiger partial charge in [0.25, 0.3) is 0 Å². The highest BCUT2D eigenvalue weighted by Gasteiger charge is 2.21. The molecule has 1 aliphatic heterocycles. The predicted molar refractivity (Wildman–Crippen MR) is 90.2 cm³/mol. The number of hydrogen-bond acceptors (Lipinski definition) is 4. The van der Waals surface area contributed by atoms with Crippen molar-refractivity contribution in [1.82, 2.24) is 15.2 Å². The number of morpholine rings is 1. The van der Waals surface area contributed by atoms with Crippen LogP contribution in [0.1, 0.15) is 5.56 Å². The van der Waals surface area contributed by atoms with Gasteiger partial charge in [0.05, 0.1) is 18.8 Å². The van der Waals surface area contributed by atoms with E-state index in [2.05, 4.69) is 22.2 Å². The first-order chi connectivity index (χ1) is 11.1. The number of nitrogens with zero attached hydrogens (tertiary/aromatic N) is 1. The molecule has 6 nitrogen and oxygen atoms in total. The van der Waals surface area contributed by atoms with Crippen LogP contribution in [0, 0.1) is 0 Å². The molecule has 3 rings (SSSR count). The van der Waals surface area contributed by atoms with Crippen LogP contribution < -0.4 is 11.1 Å². The van der Waals surface area contributed by atoms with E-state index in [9.17, 15) is 4.79 Å². The molecule has 1 aromatic heterocycles. The van der Waals surface area contributed by atoms with Gasteiger partial charge in [0.2, 0.25) is 5.91 Å². The van der Waals surface area contributed by atoms with Crippen LogP contribution in [0.15, 0.2) is 30.5 Å². The topological polar surface area (TPSA) is 83.4 Å². The number of fused-ring (bicyclic) bond motifs is 1. The summed E-state index contributed by atoms with van der Waals surface area (Å²) in [6.45, 7) is 2.98. The monoisotopic (exact) mass is 316 g/mol. The average Bonchev–Trinajstić information content (AvgIpc) is 2.96. The summed E-state index contributed by atoms with van der Waals surface area (Å²) >= 11 is 0. The van der Waals surface area contributed by atoms with Crippen molar-refractivity contribution < 1.29 is 9.53 Å². The van der Waals surface area contributed by atoms with E-state index < -0.39 is 6.04 Å². The molecule has 1 saturated heterocycles. The Morgan fingerprint density at radius 2 is 2.35 bits per heavy atom. The zero-order chi connectivity index (χ0) is 16.2. The number of amides is 1. The van der Waals surface area contributed by atoms with Crippen LogP contribution in [-0.4, -0.2) is 61.2 Å². The van der Waals surface area contributed by atoms with Gasteiger partial charge in [-0.05, 0) is 25.1 Å². The second-order valence-corrected chi connectivity index (χ2v) is 6.17. The van der Waals surface area contributed by atoms with Crippen LogP contribution in [-0.2, 0) is 16.0 Å². The van der Waals surface area contributed by atoms with E-state index in [0.717, 1.165) is 29.6 Å². The van der Waals surface area contributed by atoms with Gasteiger partial charge < -0.3 is 25.7 Å². The van der Waals surface area contributed by atoms with Crippen molar-refractivity contribution in [2.45, 2.75) is 18.6 Å². The van der Waals surface area contributed by atoms with Crippen molar-refractivity contribution in [3.8, 4) is 0 Å². The standard InChI is InChI=1S/C17H24N4O2/c1-21-6-7-23-13(11-21)10-20-17(22)15(18)8-12-9-19-16-5-3-2-4-14(12)16/h2-5,9,13,15,19H,6-8,10-11,18H2,1H3,(H,20,22)/t13?,15-/m0/s1. The first-order valence-corrected chi connectivity index (χ1v) is 8.02. The molecule has 0 spiro atoms. The number of H-pyrrole nitrogens is 1. The van der Waals surface area contributed by atoms with Crippen LogP contribution in [0.4, 0.5) is 0 Å². The third-order valence-corrected chi connectivity index (χ3v) is 4.30. The number of likely N-dealkylation sites (N-methyl/N-ethyl adjacent to an activating group) is 1. The van der Waals surface area contributed by atoms with Crippen LogP contribution in [0.25, 0.3) is 10.9 Å². The van der Waals surface area contributed by atoms with Gasteiger partial charge in [0, 0.05) is 36.7 Å². The molecule has 124 valence electrons. The van der Waals surface area contributed by atoms with Gasteiger partial charge in [0.15, 0.2) is 0 Å². The van der Waals surface area contributed by atoms with Crippen molar-refractivity contribution in [1.29, 1.82) is 0 Å². The molecule has 2 aromatic rings. The van der Waals surface area contributed by atoms with Gasteiger partial charge in [-0.3, -0.25) is 4.79 Å². The number of hydrogen-bond donors (Lipinski definition) is 3. The van der Waals surface area contributed by atoms with Crippen molar-refractivity contribution in [3.63, 3.8) is 0 Å². The lowest BCUT2D eigenvalue weighted by Gasteiger charge is -2.30.